The highest BCUT2D eigenvalue weighted by Crippen LogP contribution is 2.27. The number of rotatable bonds is 7. The van der Waals surface area contributed by atoms with Crippen molar-refractivity contribution in [2.45, 2.75) is 45.0 Å². The number of unbranched alkanes of at least 4 members (excludes halogenated alkanes) is 2. The summed E-state index contributed by atoms with van der Waals surface area (Å²) in [7, 11) is -5.15. The first-order valence-corrected chi connectivity index (χ1v) is 6.77. The topological polar surface area (TPSA) is 37.4 Å². The van der Waals surface area contributed by atoms with E-state index in [1.165, 1.54) is 0 Å². The van der Waals surface area contributed by atoms with Gasteiger partial charge in [0.15, 0.2) is 0 Å². The molecule has 0 spiro atoms. The van der Waals surface area contributed by atoms with Crippen LogP contribution < -0.4 is 0 Å². The van der Waals surface area contributed by atoms with Crippen molar-refractivity contribution < 1.29 is 21.6 Å². The predicted molar refractivity (Wildman–Crippen MR) is 56.4 cm³/mol. The summed E-state index contributed by atoms with van der Waals surface area (Å²) in [5.74, 6) is 0. The van der Waals surface area contributed by atoms with Crippen molar-refractivity contribution in [1.82, 2.24) is 4.31 Å². The Hall–Kier alpha value is -0.300. The highest BCUT2D eigenvalue weighted by Gasteiger charge is 2.49. The van der Waals surface area contributed by atoms with Crippen molar-refractivity contribution in [3.63, 3.8) is 0 Å². The zero-order chi connectivity index (χ0) is 12.8. The molecule has 0 fully saturated rings. The van der Waals surface area contributed by atoms with Gasteiger partial charge in [-0.25, -0.2) is 8.42 Å². The minimum Gasteiger partial charge on any atom is -0.203 e. The van der Waals surface area contributed by atoms with Crippen LogP contribution in [0.4, 0.5) is 13.2 Å². The number of sulfonamides is 1. The van der Waals surface area contributed by atoms with E-state index in [0.717, 1.165) is 12.8 Å². The third kappa shape index (κ3) is 4.29. The molecular weight excluding hydrogens is 243 g/mol. The Balaban J connectivity index is 4.64. The summed E-state index contributed by atoms with van der Waals surface area (Å²) in [5.41, 5.74) is -5.19. The van der Waals surface area contributed by atoms with Gasteiger partial charge in [-0.05, 0) is 12.8 Å². The highest BCUT2D eigenvalue weighted by atomic mass is 32.2. The lowest BCUT2D eigenvalue weighted by Crippen LogP contribution is -2.41. The van der Waals surface area contributed by atoms with E-state index in [2.05, 4.69) is 0 Å². The molecule has 0 aliphatic rings. The molecule has 0 rings (SSSR count). The van der Waals surface area contributed by atoms with Crippen LogP contribution in [0.25, 0.3) is 0 Å². The molecule has 0 saturated carbocycles. The number of hydrogen-bond acceptors (Lipinski definition) is 2. The predicted octanol–water partition coefficient (Wildman–Crippen LogP) is 2.74. The van der Waals surface area contributed by atoms with Gasteiger partial charge in [0.2, 0.25) is 0 Å². The summed E-state index contributed by atoms with van der Waals surface area (Å²) < 4.78 is 59.7. The lowest BCUT2D eigenvalue weighted by molar-refractivity contribution is -0.0489. The van der Waals surface area contributed by atoms with E-state index < -0.39 is 15.5 Å². The largest absolute Gasteiger partial charge is 0.511 e. The molecule has 0 amide bonds. The van der Waals surface area contributed by atoms with E-state index in [9.17, 15) is 21.6 Å². The normalized spacial score (nSPS) is 13.4. The molecule has 7 heteroatoms. The van der Waals surface area contributed by atoms with Crippen molar-refractivity contribution >= 4 is 10.0 Å². The average molecular weight is 261 g/mol. The summed E-state index contributed by atoms with van der Waals surface area (Å²) >= 11 is 0. The molecule has 0 aromatic rings. The molecule has 98 valence electrons. The van der Waals surface area contributed by atoms with Gasteiger partial charge in [-0.15, -0.1) is 0 Å². The van der Waals surface area contributed by atoms with Gasteiger partial charge in [-0.3, -0.25) is 0 Å². The van der Waals surface area contributed by atoms with Gasteiger partial charge in [0.05, 0.1) is 0 Å². The van der Waals surface area contributed by atoms with Crippen LogP contribution in [0.1, 0.15) is 39.5 Å². The summed E-state index contributed by atoms with van der Waals surface area (Å²) in [4.78, 5) is 0. The van der Waals surface area contributed by atoms with E-state index in [-0.39, 0.29) is 13.1 Å². The molecule has 0 unspecified atom stereocenters. The first-order chi connectivity index (χ1) is 7.27. The fraction of sp³-hybridized carbons (Fsp3) is 1.00. The van der Waals surface area contributed by atoms with Crippen LogP contribution in [0.2, 0.25) is 0 Å². The molecule has 0 aromatic heterocycles. The van der Waals surface area contributed by atoms with Gasteiger partial charge in [0.1, 0.15) is 0 Å². The minimum absolute atomic E-state index is 0.0521. The summed E-state index contributed by atoms with van der Waals surface area (Å²) in [6.07, 6.45) is 2.41. The summed E-state index contributed by atoms with van der Waals surface area (Å²) in [5, 5.41) is 0. The molecule has 16 heavy (non-hydrogen) atoms. The van der Waals surface area contributed by atoms with Gasteiger partial charge in [-0.2, -0.15) is 17.5 Å². The van der Waals surface area contributed by atoms with Crippen molar-refractivity contribution in [2.75, 3.05) is 13.1 Å². The fourth-order valence-corrected chi connectivity index (χ4v) is 2.37. The number of halogens is 3. The molecule has 0 heterocycles. The van der Waals surface area contributed by atoms with Crippen molar-refractivity contribution in [3.8, 4) is 0 Å². The van der Waals surface area contributed by atoms with E-state index in [0.29, 0.717) is 17.1 Å². The Morgan fingerprint density at radius 2 is 1.56 bits per heavy atom. The Kier molecular flexibility index (Phi) is 6.32. The summed E-state index contributed by atoms with van der Waals surface area (Å²) in [6.45, 7) is 3.43. The standard InChI is InChI=1S/C9H18F3NO2S/c1-3-5-6-8-13(7-4-2)16(14,15)9(10,11)12/h3-8H2,1-2H3. The molecule has 0 aliphatic heterocycles. The second kappa shape index (κ2) is 6.44. The molecule has 0 aromatic carbocycles. The van der Waals surface area contributed by atoms with Crippen LogP contribution in [0.15, 0.2) is 0 Å². The average Bonchev–Trinajstić information content (AvgIpc) is 2.15. The Bertz CT molecular complexity index is 288. The number of hydrogen-bond donors (Lipinski definition) is 0. The smallest absolute Gasteiger partial charge is 0.203 e. The lowest BCUT2D eigenvalue weighted by Gasteiger charge is -2.22. The maximum Gasteiger partial charge on any atom is 0.511 e. The quantitative estimate of drug-likeness (QED) is 0.661. The van der Waals surface area contributed by atoms with Crippen LogP contribution in [-0.4, -0.2) is 31.3 Å². The van der Waals surface area contributed by atoms with Gasteiger partial charge >= 0.3 is 15.5 Å². The van der Waals surface area contributed by atoms with E-state index in [1.54, 1.807) is 6.92 Å². The monoisotopic (exact) mass is 261 g/mol. The minimum atomic E-state index is -5.19. The first-order valence-electron chi connectivity index (χ1n) is 5.33. The zero-order valence-electron chi connectivity index (χ0n) is 9.55. The fourth-order valence-electron chi connectivity index (χ4n) is 1.29. The van der Waals surface area contributed by atoms with Crippen molar-refractivity contribution in [1.29, 1.82) is 0 Å². The van der Waals surface area contributed by atoms with Crippen LogP contribution in [0.5, 0.6) is 0 Å². The van der Waals surface area contributed by atoms with Crippen molar-refractivity contribution in [2.24, 2.45) is 0 Å². The molecule has 0 aliphatic carbocycles. The molecule has 0 atom stereocenters. The maximum absolute atomic E-state index is 12.3. The molecule has 3 nitrogen and oxygen atoms in total. The Morgan fingerprint density at radius 3 is 1.94 bits per heavy atom. The first kappa shape index (κ1) is 15.7. The molecular formula is C9H18F3NO2S. The van der Waals surface area contributed by atoms with E-state index in [1.807, 2.05) is 6.92 Å². The van der Waals surface area contributed by atoms with Gasteiger partial charge in [0.25, 0.3) is 0 Å². The maximum atomic E-state index is 12.3. The molecule has 0 bridgehead atoms. The molecule has 0 saturated heterocycles. The lowest BCUT2D eigenvalue weighted by atomic mass is 10.2. The SMILES string of the molecule is CCCCCN(CCC)S(=O)(=O)C(F)(F)F. The van der Waals surface area contributed by atoms with Crippen LogP contribution in [0, 0.1) is 0 Å². The van der Waals surface area contributed by atoms with Gasteiger partial charge in [0, 0.05) is 13.1 Å². The van der Waals surface area contributed by atoms with Crippen LogP contribution in [-0.2, 0) is 10.0 Å². The second-order valence-electron chi connectivity index (χ2n) is 3.56. The van der Waals surface area contributed by atoms with Gasteiger partial charge in [-0.1, -0.05) is 26.7 Å². The third-order valence-corrected chi connectivity index (χ3v) is 3.75. The van der Waals surface area contributed by atoms with E-state index in [4.69, 9.17) is 0 Å². The molecule has 0 radical (unpaired) electrons. The Morgan fingerprint density at radius 1 is 1.00 bits per heavy atom. The van der Waals surface area contributed by atoms with E-state index >= 15 is 0 Å². The highest BCUT2D eigenvalue weighted by molar-refractivity contribution is 7.89. The Labute approximate surface area is 94.7 Å². The van der Waals surface area contributed by atoms with Gasteiger partial charge < -0.3 is 0 Å². The second-order valence-corrected chi connectivity index (χ2v) is 5.49. The van der Waals surface area contributed by atoms with Crippen molar-refractivity contribution in [3.05, 3.63) is 0 Å². The van der Waals surface area contributed by atoms with Crippen LogP contribution >= 0.6 is 0 Å². The number of nitrogens with zero attached hydrogens (tertiary/aromatic N) is 1. The summed E-state index contributed by atoms with van der Waals surface area (Å²) in [6, 6.07) is 0. The third-order valence-electron chi connectivity index (χ3n) is 2.12. The zero-order valence-corrected chi connectivity index (χ0v) is 10.4. The van der Waals surface area contributed by atoms with Crippen LogP contribution in [0.3, 0.4) is 0 Å². The molecule has 0 N–H and O–H groups in total. The number of alkyl halides is 3.